The molecule has 0 bridgehead atoms. The van der Waals surface area contributed by atoms with Crippen molar-refractivity contribution in [3.05, 3.63) is 54.6 Å². The van der Waals surface area contributed by atoms with Crippen molar-refractivity contribution in [3.63, 3.8) is 0 Å². The van der Waals surface area contributed by atoms with Gasteiger partial charge in [0, 0.05) is 18.8 Å². The summed E-state index contributed by atoms with van der Waals surface area (Å²) < 4.78 is 31.7. The van der Waals surface area contributed by atoms with E-state index in [2.05, 4.69) is 5.32 Å². The Hall–Kier alpha value is -2.38. The standard InChI is InChI=1S/C17H18N2O4S/c20-17(23-15-8-2-1-3-9-15)18-14-7-6-10-16(13-14)24(21,22)19-11-4-5-12-19/h1-3,6-10,13H,4-5,11-12H2,(H,18,20). The van der Waals surface area contributed by atoms with E-state index >= 15 is 0 Å². The molecule has 0 aliphatic carbocycles. The van der Waals surface area contributed by atoms with Crippen LogP contribution in [0, 0.1) is 0 Å². The first-order chi connectivity index (χ1) is 11.6. The molecule has 2 aromatic rings. The maximum atomic E-state index is 12.5. The van der Waals surface area contributed by atoms with Crippen LogP contribution < -0.4 is 10.1 Å². The van der Waals surface area contributed by atoms with Gasteiger partial charge in [0.2, 0.25) is 10.0 Å². The molecule has 1 saturated heterocycles. The molecule has 1 N–H and O–H groups in total. The van der Waals surface area contributed by atoms with Crippen molar-refractivity contribution in [2.45, 2.75) is 17.7 Å². The lowest BCUT2D eigenvalue weighted by molar-refractivity contribution is 0.215. The SMILES string of the molecule is O=C(Nc1cccc(S(=O)(=O)N2CCCC2)c1)Oc1ccccc1. The third kappa shape index (κ3) is 3.74. The van der Waals surface area contributed by atoms with Gasteiger partial charge in [-0.3, -0.25) is 5.32 Å². The fourth-order valence-corrected chi connectivity index (χ4v) is 4.11. The maximum Gasteiger partial charge on any atom is 0.417 e. The van der Waals surface area contributed by atoms with Gasteiger partial charge < -0.3 is 4.74 Å². The van der Waals surface area contributed by atoms with Crippen LogP contribution in [0.5, 0.6) is 5.75 Å². The average Bonchev–Trinajstić information content (AvgIpc) is 3.11. The molecule has 1 amide bonds. The van der Waals surface area contributed by atoms with Crippen molar-refractivity contribution < 1.29 is 17.9 Å². The first-order valence-corrected chi connectivity index (χ1v) is 9.14. The first kappa shape index (κ1) is 16.5. The molecule has 0 saturated carbocycles. The molecule has 6 nitrogen and oxygen atoms in total. The summed E-state index contributed by atoms with van der Waals surface area (Å²) in [6.07, 6.45) is 1.08. The normalized spacial score (nSPS) is 15.2. The lowest BCUT2D eigenvalue weighted by Gasteiger charge is -2.16. The van der Waals surface area contributed by atoms with Crippen LogP contribution in [0.2, 0.25) is 0 Å². The molecule has 1 heterocycles. The zero-order valence-electron chi connectivity index (χ0n) is 13.0. The third-order valence-electron chi connectivity index (χ3n) is 3.74. The summed E-state index contributed by atoms with van der Waals surface area (Å²) >= 11 is 0. The molecule has 0 unspecified atom stereocenters. The minimum absolute atomic E-state index is 0.168. The van der Waals surface area contributed by atoms with Crippen molar-refractivity contribution in [2.24, 2.45) is 0 Å². The molecular weight excluding hydrogens is 328 g/mol. The van der Waals surface area contributed by atoms with Gasteiger partial charge in [0.05, 0.1) is 4.90 Å². The van der Waals surface area contributed by atoms with Crippen molar-refractivity contribution in [1.82, 2.24) is 4.31 Å². The van der Waals surface area contributed by atoms with E-state index in [4.69, 9.17) is 4.74 Å². The van der Waals surface area contributed by atoms with Gasteiger partial charge in [-0.2, -0.15) is 4.31 Å². The maximum absolute atomic E-state index is 12.5. The fraction of sp³-hybridized carbons (Fsp3) is 0.235. The van der Waals surface area contributed by atoms with E-state index in [1.54, 1.807) is 36.4 Å². The molecule has 2 aromatic carbocycles. The number of benzene rings is 2. The van der Waals surface area contributed by atoms with Crippen LogP contribution in [0.1, 0.15) is 12.8 Å². The van der Waals surface area contributed by atoms with E-state index in [0.717, 1.165) is 12.8 Å². The van der Waals surface area contributed by atoms with E-state index in [-0.39, 0.29) is 4.90 Å². The molecule has 1 aliphatic heterocycles. The number of hydrogen-bond acceptors (Lipinski definition) is 4. The lowest BCUT2D eigenvalue weighted by atomic mass is 10.3. The first-order valence-electron chi connectivity index (χ1n) is 7.70. The van der Waals surface area contributed by atoms with E-state index in [1.807, 2.05) is 6.07 Å². The highest BCUT2D eigenvalue weighted by atomic mass is 32.2. The van der Waals surface area contributed by atoms with Gasteiger partial charge in [0.1, 0.15) is 5.75 Å². The van der Waals surface area contributed by atoms with Gasteiger partial charge >= 0.3 is 6.09 Å². The van der Waals surface area contributed by atoms with Crippen molar-refractivity contribution in [1.29, 1.82) is 0 Å². The van der Waals surface area contributed by atoms with Crippen LogP contribution in [0.3, 0.4) is 0 Å². The molecule has 24 heavy (non-hydrogen) atoms. The highest BCUT2D eigenvalue weighted by Gasteiger charge is 2.27. The summed E-state index contributed by atoms with van der Waals surface area (Å²) in [4.78, 5) is 12.1. The highest BCUT2D eigenvalue weighted by Crippen LogP contribution is 2.23. The van der Waals surface area contributed by atoms with Crippen molar-refractivity contribution >= 4 is 21.8 Å². The fourth-order valence-electron chi connectivity index (χ4n) is 2.55. The molecule has 0 spiro atoms. The summed E-state index contributed by atoms with van der Waals surface area (Å²) in [6.45, 7) is 1.08. The second-order valence-corrected chi connectivity index (χ2v) is 7.40. The number of nitrogens with zero attached hydrogens (tertiary/aromatic N) is 1. The molecule has 0 radical (unpaired) electrons. The van der Waals surface area contributed by atoms with Gasteiger partial charge in [0.25, 0.3) is 0 Å². The molecule has 3 rings (SSSR count). The Balaban J connectivity index is 1.72. The number of para-hydroxylation sites is 1. The smallest absolute Gasteiger partial charge is 0.410 e. The Morgan fingerprint density at radius 2 is 1.71 bits per heavy atom. The second kappa shape index (κ2) is 7.02. The number of rotatable bonds is 4. The molecule has 126 valence electrons. The summed E-state index contributed by atoms with van der Waals surface area (Å²) in [5.74, 6) is 0.413. The lowest BCUT2D eigenvalue weighted by Crippen LogP contribution is -2.28. The molecule has 7 heteroatoms. The van der Waals surface area contributed by atoms with Crippen molar-refractivity contribution in [2.75, 3.05) is 18.4 Å². The number of nitrogens with one attached hydrogen (secondary N) is 1. The van der Waals surface area contributed by atoms with Gasteiger partial charge in [-0.25, -0.2) is 13.2 Å². The van der Waals surface area contributed by atoms with Gasteiger partial charge in [0.15, 0.2) is 0 Å². The zero-order chi connectivity index (χ0) is 17.0. The Kier molecular flexibility index (Phi) is 4.82. The number of amides is 1. The van der Waals surface area contributed by atoms with Gasteiger partial charge in [-0.05, 0) is 43.2 Å². The van der Waals surface area contributed by atoms with Crippen LogP contribution in [-0.2, 0) is 10.0 Å². The summed E-state index contributed by atoms with van der Waals surface area (Å²) in [5.41, 5.74) is 0.371. The Labute approximate surface area is 141 Å². The van der Waals surface area contributed by atoms with E-state index in [1.165, 1.54) is 16.4 Å². The monoisotopic (exact) mass is 346 g/mol. The Morgan fingerprint density at radius 1 is 1.00 bits per heavy atom. The zero-order valence-corrected chi connectivity index (χ0v) is 13.8. The molecule has 0 atom stereocenters. The predicted octanol–water partition coefficient (Wildman–Crippen LogP) is 3.08. The number of carbonyl (C=O) groups is 1. The van der Waals surface area contributed by atoms with Crippen molar-refractivity contribution in [3.8, 4) is 5.75 Å². The molecule has 0 aromatic heterocycles. The van der Waals surface area contributed by atoms with Crippen LogP contribution >= 0.6 is 0 Å². The largest absolute Gasteiger partial charge is 0.417 e. The number of hydrogen-bond donors (Lipinski definition) is 1. The van der Waals surface area contributed by atoms with Crippen LogP contribution in [0.15, 0.2) is 59.5 Å². The molecule has 1 fully saturated rings. The number of ether oxygens (including phenoxy) is 1. The molecule has 1 aliphatic rings. The van der Waals surface area contributed by atoms with Gasteiger partial charge in [-0.1, -0.05) is 24.3 Å². The Bertz CT molecular complexity index is 815. The minimum atomic E-state index is -3.51. The Morgan fingerprint density at radius 3 is 2.42 bits per heavy atom. The number of anilines is 1. The number of carbonyl (C=O) groups excluding carboxylic acids is 1. The van der Waals surface area contributed by atoms with E-state index < -0.39 is 16.1 Å². The summed E-state index contributed by atoms with van der Waals surface area (Å²) in [6, 6.07) is 14.8. The van der Waals surface area contributed by atoms with Crippen LogP contribution in [-0.4, -0.2) is 31.9 Å². The summed E-state index contributed by atoms with van der Waals surface area (Å²) in [5, 5.41) is 2.55. The van der Waals surface area contributed by atoms with E-state index in [9.17, 15) is 13.2 Å². The second-order valence-electron chi connectivity index (χ2n) is 5.47. The van der Waals surface area contributed by atoms with E-state index in [0.29, 0.717) is 24.5 Å². The van der Waals surface area contributed by atoms with Crippen LogP contribution in [0.25, 0.3) is 0 Å². The number of sulfonamides is 1. The quantitative estimate of drug-likeness (QED) is 0.923. The third-order valence-corrected chi connectivity index (χ3v) is 5.63. The van der Waals surface area contributed by atoms with Gasteiger partial charge in [-0.15, -0.1) is 0 Å². The summed E-state index contributed by atoms with van der Waals surface area (Å²) in [7, 11) is -3.51. The molecular formula is C17H18N2O4S. The highest BCUT2D eigenvalue weighted by molar-refractivity contribution is 7.89. The minimum Gasteiger partial charge on any atom is -0.410 e. The average molecular weight is 346 g/mol. The van der Waals surface area contributed by atoms with Crippen LogP contribution in [0.4, 0.5) is 10.5 Å². The topological polar surface area (TPSA) is 75.7 Å². The predicted molar refractivity (Wildman–Crippen MR) is 90.5 cm³/mol.